The molecule has 7 heteroatoms. The van der Waals surface area contributed by atoms with E-state index in [1.54, 1.807) is 0 Å². The zero-order valence-electron chi connectivity index (χ0n) is 11.2. The second-order valence-corrected chi connectivity index (χ2v) is 5.33. The number of benzene rings is 1. The van der Waals surface area contributed by atoms with Gasteiger partial charge in [-0.25, -0.2) is 0 Å². The predicted molar refractivity (Wildman–Crippen MR) is 66.7 cm³/mol. The predicted octanol–water partition coefficient (Wildman–Crippen LogP) is 2.26. The van der Waals surface area contributed by atoms with Gasteiger partial charge in [0.25, 0.3) is 0 Å². The number of fused-ring (bicyclic) bond motifs is 2. The van der Waals surface area contributed by atoms with Gasteiger partial charge >= 0.3 is 12.1 Å². The van der Waals surface area contributed by atoms with Gasteiger partial charge in [0.15, 0.2) is 0 Å². The van der Waals surface area contributed by atoms with Crippen molar-refractivity contribution in [3.8, 4) is 0 Å². The second kappa shape index (κ2) is 4.22. The van der Waals surface area contributed by atoms with Crippen molar-refractivity contribution in [1.82, 2.24) is 0 Å². The highest BCUT2D eigenvalue weighted by molar-refractivity contribution is 6.04. The first-order valence-corrected chi connectivity index (χ1v) is 6.41. The number of esters is 1. The first kappa shape index (κ1) is 13.9. The highest BCUT2D eigenvalue weighted by Gasteiger charge is 2.53. The number of halogens is 3. The molecule has 2 heterocycles. The Balaban J connectivity index is 2.23. The number of alkyl halides is 3. The third kappa shape index (κ3) is 1.91. The maximum absolute atomic E-state index is 12.9. The molecule has 1 aromatic rings. The van der Waals surface area contributed by atoms with Crippen molar-refractivity contribution in [3.05, 3.63) is 29.3 Å². The van der Waals surface area contributed by atoms with Crippen molar-refractivity contribution in [2.45, 2.75) is 24.4 Å². The van der Waals surface area contributed by atoms with Gasteiger partial charge in [-0.05, 0) is 23.8 Å². The van der Waals surface area contributed by atoms with Crippen molar-refractivity contribution >= 4 is 17.6 Å². The van der Waals surface area contributed by atoms with E-state index in [0.717, 1.165) is 12.1 Å². The van der Waals surface area contributed by atoms with E-state index in [4.69, 9.17) is 4.74 Å². The van der Waals surface area contributed by atoms with Crippen LogP contribution in [0.3, 0.4) is 0 Å². The van der Waals surface area contributed by atoms with Crippen molar-refractivity contribution in [2.75, 3.05) is 18.6 Å². The van der Waals surface area contributed by atoms with E-state index >= 15 is 0 Å². The summed E-state index contributed by atoms with van der Waals surface area (Å²) in [5, 5.41) is 0. The smallest absolute Gasteiger partial charge is 0.416 e. The first-order valence-electron chi connectivity index (χ1n) is 6.41. The van der Waals surface area contributed by atoms with Crippen molar-refractivity contribution in [2.24, 2.45) is 0 Å². The minimum absolute atomic E-state index is 0.117. The van der Waals surface area contributed by atoms with Gasteiger partial charge in [0.2, 0.25) is 5.91 Å². The number of anilines is 1. The SMILES string of the molecule is CN1C(=O)C[C@]2(CCOC2=O)c2cc(C(F)(F)F)ccc21. The van der Waals surface area contributed by atoms with Crippen molar-refractivity contribution in [1.29, 1.82) is 0 Å². The molecule has 0 unspecified atom stereocenters. The third-order valence-electron chi connectivity index (χ3n) is 4.18. The molecule has 112 valence electrons. The van der Waals surface area contributed by atoms with Gasteiger partial charge in [-0.3, -0.25) is 9.59 Å². The van der Waals surface area contributed by atoms with Gasteiger partial charge < -0.3 is 9.64 Å². The van der Waals surface area contributed by atoms with Gasteiger partial charge in [-0.15, -0.1) is 0 Å². The Morgan fingerprint density at radius 1 is 1.29 bits per heavy atom. The Morgan fingerprint density at radius 3 is 2.57 bits per heavy atom. The lowest BCUT2D eigenvalue weighted by atomic mass is 9.72. The molecule has 1 amide bonds. The minimum atomic E-state index is -4.50. The highest BCUT2D eigenvalue weighted by Crippen LogP contribution is 2.47. The van der Waals surface area contributed by atoms with E-state index in [2.05, 4.69) is 0 Å². The Hall–Kier alpha value is -2.05. The van der Waals surface area contributed by atoms with E-state index in [-0.39, 0.29) is 30.9 Å². The summed E-state index contributed by atoms with van der Waals surface area (Å²) in [5.41, 5.74) is -1.55. The molecule has 1 aromatic carbocycles. The van der Waals surface area contributed by atoms with Crippen molar-refractivity contribution in [3.63, 3.8) is 0 Å². The molecule has 2 aliphatic rings. The van der Waals surface area contributed by atoms with E-state index in [0.29, 0.717) is 5.69 Å². The fraction of sp³-hybridized carbons (Fsp3) is 0.429. The van der Waals surface area contributed by atoms with Crippen molar-refractivity contribution < 1.29 is 27.5 Å². The highest BCUT2D eigenvalue weighted by atomic mass is 19.4. The van der Waals surface area contributed by atoms with E-state index in [1.807, 2.05) is 0 Å². The summed E-state index contributed by atoms with van der Waals surface area (Å²) in [6, 6.07) is 3.12. The van der Waals surface area contributed by atoms with Gasteiger partial charge in [-0.1, -0.05) is 0 Å². The molecule has 0 N–H and O–H groups in total. The number of nitrogens with zero attached hydrogens (tertiary/aromatic N) is 1. The molecule has 21 heavy (non-hydrogen) atoms. The van der Waals surface area contributed by atoms with Crippen LogP contribution >= 0.6 is 0 Å². The molecule has 3 rings (SSSR count). The number of cyclic esters (lactones) is 1. The van der Waals surface area contributed by atoms with E-state index in [9.17, 15) is 22.8 Å². The molecule has 2 aliphatic heterocycles. The average molecular weight is 299 g/mol. The standard InChI is InChI=1S/C14H12F3NO3/c1-18-10-3-2-8(14(15,16)17)6-9(10)13(7-11(18)19)4-5-21-12(13)20/h2-3,6H,4-5,7H2,1H3/t13-/m1/s1. The molecule has 0 saturated carbocycles. The van der Waals surface area contributed by atoms with Crippen LogP contribution in [0.25, 0.3) is 0 Å². The number of amides is 1. The van der Waals surface area contributed by atoms with Gasteiger partial charge in [0.1, 0.15) is 5.41 Å². The largest absolute Gasteiger partial charge is 0.465 e. The summed E-state index contributed by atoms with van der Waals surface area (Å²) in [6.45, 7) is 0.117. The Morgan fingerprint density at radius 2 is 2.00 bits per heavy atom. The Kier molecular flexibility index (Phi) is 2.80. The molecular weight excluding hydrogens is 287 g/mol. The topological polar surface area (TPSA) is 46.6 Å². The van der Waals surface area contributed by atoms with E-state index < -0.39 is 23.1 Å². The number of carbonyl (C=O) groups excluding carboxylic acids is 2. The fourth-order valence-corrected chi connectivity index (χ4v) is 2.96. The summed E-state index contributed by atoms with van der Waals surface area (Å²) in [5.74, 6) is -0.925. The first-order chi connectivity index (χ1) is 9.75. The molecule has 0 aromatic heterocycles. The second-order valence-electron chi connectivity index (χ2n) is 5.33. The minimum Gasteiger partial charge on any atom is -0.465 e. The number of carbonyl (C=O) groups is 2. The molecule has 0 radical (unpaired) electrons. The molecule has 1 saturated heterocycles. The monoisotopic (exact) mass is 299 g/mol. The number of hydrogen-bond donors (Lipinski definition) is 0. The van der Waals surface area contributed by atoms with Gasteiger partial charge in [0.05, 0.1) is 12.2 Å². The average Bonchev–Trinajstić information content (AvgIpc) is 2.77. The maximum Gasteiger partial charge on any atom is 0.416 e. The molecule has 1 fully saturated rings. The summed E-state index contributed by atoms with van der Waals surface area (Å²) in [4.78, 5) is 25.4. The summed E-state index contributed by atoms with van der Waals surface area (Å²) >= 11 is 0. The lowest BCUT2D eigenvalue weighted by Gasteiger charge is -2.36. The van der Waals surface area contributed by atoms with Crippen LogP contribution in [-0.4, -0.2) is 25.5 Å². The quantitative estimate of drug-likeness (QED) is 0.690. The van der Waals surface area contributed by atoms with Crippen LogP contribution in [0.5, 0.6) is 0 Å². The lowest BCUT2D eigenvalue weighted by Crippen LogP contribution is -2.45. The molecule has 4 nitrogen and oxygen atoms in total. The van der Waals surface area contributed by atoms with Crippen LogP contribution in [0.1, 0.15) is 24.0 Å². The van der Waals surface area contributed by atoms with Crippen LogP contribution in [0, 0.1) is 0 Å². The van der Waals surface area contributed by atoms with Crippen LogP contribution < -0.4 is 4.90 Å². The molecule has 1 spiro atoms. The normalized spacial score (nSPS) is 25.2. The Bertz CT molecular complexity index is 641. The van der Waals surface area contributed by atoms with Crippen LogP contribution in [0.2, 0.25) is 0 Å². The summed E-state index contributed by atoms with van der Waals surface area (Å²) < 4.78 is 43.6. The number of hydrogen-bond acceptors (Lipinski definition) is 3. The van der Waals surface area contributed by atoms with Crippen LogP contribution in [0.4, 0.5) is 18.9 Å². The lowest BCUT2D eigenvalue weighted by molar-refractivity contribution is -0.145. The summed E-state index contributed by atoms with van der Waals surface area (Å²) in [7, 11) is 1.49. The third-order valence-corrected chi connectivity index (χ3v) is 4.18. The molecule has 0 bridgehead atoms. The van der Waals surface area contributed by atoms with Gasteiger partial charge in [0, 0.05) is 25.6 Å². The van der Waals surface area contributed by atoms with Crippen LogP contribution in [0.15, 0.2) is 18.2 Å². The molecule has 0 aliphatic carbocycles. The molecule has 1 atom stereocenters. The maximum atomic E-state index is 12.9. The number of rotatable bonds is 0. The fourth-order valence-electron chi connectivity index (χ4n) is 2.96. The van der Waals surface area contributed by atoms with Gasteiger partial charge in [-0.2, -0.15) is 13.2 Å². The molecular formula is C14H12F3NO3. The zero-order valence-corrected chi connectivity index (χ0v) is 11.2. The Labute approximate surface area is 118 Å². The number of ether oxygens (including phenoxy) is 1. The zero-order chi connectivity index (χ0) is 15.4. The van der Waals surface area contributed by atoms with E-state index in [1.165, 1.54) is 18.0 Å². The summed E-state index contributed by atoms with van der Waals surface area (Å²) in [6.07, 6.45) is -4.44. The van der Waals surface area contributed by atoms with Crippen LogP contribution in [-0.2, 0) is 25.9 Å².